The topological polar surface area (TPSA) is 29.5 Å². The second-order valence-corrected chi connectivity index (χ2v) is 20.7. The molecular formula is C34H56O2Si. The monoisotopic (exact) mass is 524 g/mol. The van der Waals surface area contributed by atoms with Gasteiger partial charge in [-0.3, -0.25) is 0 Å². The van der Waals surface area contributed by atoms with Gasteiger partial charge in [-0.05, 0) is 135 Å². The van der Waals surface area contributed by atoms with Gasteiger partial charge in [0.2, 0.25) is 0 Å². The van der Waals surface area contributed by atoms with Crippen molar-refractivity contribution in [2.75, 3.05) is 0 Å². The molecule has 0 bridgehead atoms. The van der Waals surface area contributed by atoms with E-state index in [-0.39, 0.29) is 5.04 Å². The Kier molecular flexibility index (Phi) is 7.37. The lowest BCUT2D eigenvalue weighted by Gasteiger charge is -2.62. The Bertz CT molecular complexity index is 937. The molecule has 0 aromatic heterocycles. The fraction of sp³-hybridized carbons (Fsp3) is 0.824. The maximum Gasteiger partial charge on any atom is 0.192 e. The molecule has 4 aliphatic rings. The Hall–Kier alpha value is -0.643. The number of hydrogen-bond donors (Lipinski definition) is 1. The zero-order chi connectivity index (χ0) is 26.7. The molecule has 4 fully saturated rings. The number of fused-ring (bicyclic) bond motifs is 5. The van der Waals surface area contributed by atoms with Crippen molar-refractivity contribution in [3.05, 3.63) is 35.9 Å². The molecule has 1 aromatic carbocycles. The molecule has 5 rings (SSSR count). The third kappa shape index (κ3) is 5.04. The van der Waals surface area contributed by atoms with Gasteiger partial charge in [-0.1, -0.05) is 65.0 Å². The molecule has 37 heavy (non-hydrogen) atoms. The molecular weight excluding hydrogens is 468 g/mol. The predicted octanol–water partition coefficient (Wildman–Crippen LogP) is 9.17. The van der Waals surface area contributed by atoms with Gasteiger partial charge in [0.05, 0.1) is 11.7 Å². The fourth-order valence-corrected chi connectivity index (χ4v) is 10.9. The van der Waals surface area contributed by atoms with Gasteiger partial charge in [0, 0.05) is 0 Å². The molecule has 4 aliphatic carbocycles. The maximum absolute atomic E-state index is 11.7. The summed E-state index contributed by atoms with van der Waals surface area (Å²) in [5.74, 6) is 3.27. The molecule has 1 unspecified atom stereocenters. The highest BCUT2D eigenvalue weighted by atomic mass is 28.4. The summed E-state index contributed by atoms with van der Waals surface area (Å²) in [5.41, 5.74) is 1.76. The number of aryl methyl sites for hydroxylation is 1. The van der Waals surface area contributed by atoms with Crippen molar-refractivity contribution >= 4 is 8.32 Å². The van der Waals surface area contributed by atoms with Gasteiger partial charge >= 0.3 is 0 Å². The van der Waals surface area contributed by atoms with Gasteiger partial charge in [-0.25, -0.2) is 0 Å². The molecule has 0 heterocycles. The average Bonchev–Trinajstić information content (AvgIpc) is 3.15. The van der Waals surface area contributed by atoms with Crippen molar-refractivity contribution in [1.82, 2.24) is 0 Å². The number of benzene rings is 1. The first kappa shape index (κ1) is 27.9. The summed E-state index contributed by atoms with van der Waals surface area (Å²) in [6.45, 7) is 17.3. The Morgan fingerprint density at radius 2 is 1.59 bits per heavy atom. The minimum absolute atomic E-state index is 0.282. The summed E-state index contributed by atoms with van der Waals surface area (Å²) >= 11 is 0. The summed E-state index contributed by atoms with van der Waals surface area (Å²) in [5, 5.41) is 12.0. The van der Waals surface area contributed by atoms with Crippen LogP contribution in [0.25, 0.3) is 0 Å². The smallest absolute Gasteiger partial charge is 0.192 e. The summed E-state index contributed by atoms with van der Waals surface area (Å²) in [6, 6.07) is 10.8. The van der Waals surface area contributed by atoms with Crippen LogP contribution in [0.2, 0.25) is 18.1 Å². The molecule has 0 radical (unpaired) electrons. The fourth-order valence-electron chi connectivity index (χ4n) is 9.49. The summed E-state index contributed by atoms with van der Waals surface area (Å²) < 4.78 is 7.15. The lowest BCUT2D eigenvalue weighted by atomic mass is 9.44. The van der Waals surface area contributed by atoms with Crippen LogP contribution in [-0.2, 0) is 10.8 Å². The van der Waals surface area contributed by atoms with E-state index in [0.29, 0.717) is 22.9 Å². The molecule has 0 amide bonds. The zero-order valence-electron chi connectivity index (χ0n) is 25.1. The third-order valence-electron chi connectivity index (χ3n) is 12.9. The minimum atomic E-state index is -1.76. The number of hydrogen-bond acceptors (Lipinski definition) is 2. The van der Waals surface area contributed by atoms with E-state index in [1.807, 2.05) is 0 Å². The molecule has 3 heteroatoms. The molecule has 0 spiro atoms. The highest BCUT2D eigenvalue weighted by Gasteiger charge is 2.62. The predicted molar refractivity (Wildman–Crippen MR) is 158 cm³/mol. The van der Waals surface area contributed by atoms with Crippen LogP contribution in [0.3, 0.4) is 0 Å². The van der Waals surface area contributed by atoms with E-state index in [1.54, 1.807) is 0 Å². The first-order chi connectivity index (χ1) is 17.3. The lowest BCUT2D eigenvalue weighted by Crippen LogP contribution is -2.57. The maximum atomic E-state index is 11.7. The van der Waals surface area contributed by atoms with Crippen molar-refractivity contribution in [3.63, 3.8) is 0 Å². The van der Waals surface area contributed by atoms with Gasteiger partial charge in [-0.15, -0.1) is 0 Å². The molecule has 1 aromatic rings. The van der Waals surface area contributed by atoms with Crippen LogP contribution in [0.1, 0.15) is 111 Å². The van der Waals surface area contributed by atoms with Crippen LogP contribution in [0.4, 0.5) is 0 Å². The number of rotatable bonds is 6. The van der Waals surface area contributed by atoms with Crippen LogP contribution < -0.4 is 0 Å². The van der Waals surface area contributed by atoms with Gasteiger partial charge in [0.25, 0.3) is 0 Å². The Labute approximate surface area is 229 Å². The molecule has 0 saturated heterocycles. The standard InChI is InChI=1S/C34H56O2Si/c1-31(2,3)37(6,7)36-30-18-17-28-27-16-15-26-24-34(35,20-11-14-25-12-9-8-10-13-25)23-22-32(26,4)29(27)19-21-33(28,30)5/h8-10,12-13,26-30,35H,11,14-24H2,1-7H3/t26?,27-,28-,29-,30-,32-,33-,34+/m0/s1. The molecule has 208 valence electrons. The van der Waals surface area contributed by atoms with Gasteiger partial charge in [-0.2, -0.15) is 0 Å². The molecule has 0 aliphatic heterocycles. The Balaban J connectivity index is 1.24. The highest BCUT2D eigenvalue weighted by molar-refractivity contribution is 6.74. The molecule has 1 N–H and O–H groups in total. The van der Waals surface area contributed by atoms with Crippen molar-refractivity contribution < 1.29 is 9.53 Å². The molecule has 4 saturated carbocycles. The van der Waals surface area contributed by atoms with Gasteiger partial charge in [0.15, 0.2) is 8.32 Å². The van der Waals surface area contributed by atoms with Gasteiger partial charge < -0.3 is 9.53 Å². The van der Waals surface area contributed by atoms with E-state index in [9.17, 15) is 5.11 Å². The first-order valence-corrected chi connectivity index (χ1v) is 18.6. The normalized spacial score (nSPS) is 42.1. The molecule has 2 nitrogen and oxygen atoms in total. The minimum Gasteiger partial charge on any atom is -0.413 e. The van der Waals surface area contributed by atoms with Crippen LogP contribution in [0, 0.1) is 34.5 Å². The summed E-state index contributed by atoms with van der Waals surface area (Å²) in [6.07, 6.45) is 15.0. The second-order valence-electron chi connectivity index (χ2n) is 15.9. The average molecular weight is 525 g/mol. The summed E-state index contributed by atoms with van der Waals surface area (Å²) in [4.78, 5) is 0. The van der Waals surface area contributed by atoms with E-state index in [4.69, 9.17) is 4.43 Å². The Morgan fingerprint density at radius 3 is 2.30 bits per heavy atom. The first-order valence-electron chi connectivity index (χ1n) is 15.7. The van der Waals surface area contributed by atoms with Crippen molar-refractivity contribution in [2.24, 2.45) is 34.5 Å². The van der Waals surface area contributed by atoms with Crippen LogP contribution in [0.5, 0.6) is 0 Å². The van der Waals surface area contributed by atoms with E-state index in [1.165, 1.54) is 50.5 Å². The van der Waals surface area contributed by atoms with E-state index in [0.717, 1.165) is 49.9 Å². The van der Waals surface area contributed by atoms with Crippen molar-refractivity contribution in [1.29, 1.82) is 0 Å². The van der Waals surface area contributed by atoms with Crippen LogP contribution in [0.15, 0.2) is 30.3 Å². The van der Waals surface area contributed by atoms with E-state index >= 15 is 0 Å². The highest BCUT2D eigenvalue weighted by Crippen LogP contribution is 2.67. The third-order valence-corrected chi connectivity index (χ3v) is 17.4. The SMILES string of the molecule is CC(C)(C)[Si](C)(C)O[C@H]1CC[C@H]2[C@@H]3CCC4C[C@@](O)(CCCc5ccccc5)CC[C@]4(C)[C@H]3CC[C@]12C. The van der Waals surface area contributed by atoms with E-state index < -0.39 is 13.9 Å². The Morgan fingerprint density at radius 1 is 0.892 bits per heavy atom. The van der Waals surface area contributed by atoms with Crippen molar-refractivity contribution in [2.45, 2.75) is 142 Å². The van der Waals surface area contributed by atoms with Crippen molar-refractivity contribution in [3.8, 4) is 0 Å². The largest absolute Gasteiger partial charge is 0.413 e. The zero-order valence-corrected chi connectivity index (χ0v) is 26.1. The van der Waals surface area contributed by atoms with Crippen LogP contribution >= 0.6 is 0 Å². The summed E-state index contributed by atoms with van der Waals surface area (Å²) in [7, 11) is -1.76. The van der Waals surface area contributed by atoms with Crippen LogP contribution in [-0.4, -0.2) is 25.1 Å². The molecule has 8 atom stereocenters. The quantitative estimate of drug-likeness (QED) is 0.376. The van der Waals surface area contributed by atoms with Gasteiger partial charge in [0.1, 0.15) is 0 Å². The lowest BCUT2D eigenvalue weighted by molar-refractivity contribution is -0.155. The van der Waals surface area contributed by atoms with E-state index in [2.05, 4.69) is 78.0 Å². The number of aliphatic hydroxyl groups is 1. The second kappa shape index (κ2) is 9.77.